The van der Waals surface area contributed by atoms with Gasteiger partial charge in [0, 0.05) is 19.3 Å². The molecule has 9 nitrogen and oxygen atoms in total. The molecule has 0 fully saturated rings. The van der Waals surface area contributed by atoms with E-state index in [4.69, 9.17) is 10.3 Å². The van der Waals surface area contributed by atoms with Crippen LogP contribution in [0.4, 0.5) is 0 Å². The van der Waals surface area contributed by atoms with Crippen LogP contribution in [0.5, 0.6) is 0 Å². The predicted molar refractivity (Wildman–Crippen MR) is 210 cm³/mol. The maximum Gasteiger partial charge on any atom is 0.470 e. The molecule has 300 valence electrons. The number of phosphoric ester groups is 1. The predicted octanol–water partition coefficient (Wildman–Crippen LogP) is 10.1. The van der Waals surface area contributed by atoms with Crippen molar-refractivity contribution in [3.05, 3.63) is 24.3 Å². The summed E-state index contributed by atoms with van der Waals surface area (Å²) in [6, 6.07) is -1.68. The number of hydrogen-bond acceptors (Lipinski definition) is 7. The normalized spacial score (nSPS) is 14.7. The van der Waals surface area contributed by atoms with Crippen LogP contribution in [-0.4, -0.2) is 55.9 Å². The van der Waals surface area contributed by atoms with E-state index in [1.165, 1.54) is 77.0 Å². The smallest absolute Gasteiger partial charge is 0.394 e. The largest absolute Gasteiger partial charge is 0.470 e. The summed E-state index contributed by atoms with van der Waals surface area (Å²) in [5.74, 6) is -1.29. The third kappa shape index (κ3) is 28.0. The average molecular weight is 744 g/mol. The van der Waals surface area contributed by atoms with Gasteiger partial charge in [0.2, 0.25) is 0 Å². The summed E-state index contributed by atoms with van der Waals surface area (Å²) in [5.41, 5.74) is 3.85. The Morgan fingerprint density at radius 3 is 1.35 bits per heavy atom. The molecule has 0 aromatic rings. The first-order valence-corrected chi connectivity index (χ1v) is 22.2. The number of carbonyl (C=O) groups is 2. The number of Topliss-reactive ketones (excluding diaryl/α,β-unsaturated/α-hetero) is 2. The number of ketones is 2. The number of hydrogen-bond donors (Lipinski definition) is 5. The van der Waals surface area contributed by atoms with Crippen LogP contribution >= 0.6 is 7.82 Å². The zero-order valence-corrected chi connectivity index (χ0v) is 33.5. The number of rotatable bonds is 38. The fraction of sp³-hybridized carbons (Fsp3) is 0.854. The molecule has 0 spiro atoms. The van der Waals surface area contributed by atoms with Crippen molar-refractivity contribution in [2.45, 2.75) is 218 Å². The second-order valence-corrected chi connectivity index (χ2v) is 15.7. The first-order chi connectivity index (χ1) is 24.5. The Morgan fingerprint density at radius 2 is 0.980 bits per heavy atom. The highest BCUT2D eigenvalue weighted by atomic mass is 31.2. The summed E-state index contributed by atoms with van der Waals surface area (Å²) < 4.78 is 17.1. The van der Waals surface area contributed by atoms with Gasteiger partial charge in [-0.2, -0.15) is 0 Å². The van der Waals surface area contributed by atoms with Gasteiger partial charge in [-0.05, 0) is 64.2 Å². The van der Waals surface area contributed by atoms with Crippen molar-refractivity contribution in [2.24, 2.45) is 5.73 Å². The second kappa shape index (κ2) is 33.4. The zero-order chi connectivity index (χ0) is 38.1. The van der Waals surface area contributed by atoms with Crippen LogP contribution < -0.4 is 5.73 Å². The lowest BCUT2D eigenvalue weighted by molar-refractivity contribution is -0.148. The number of allylic oxidation sites excluding steroid dienone is 4. The number of carbonyl (C=O) groups excluding carboxylic acids is 2. The molecule has 0 amide bonds. The molecule has 0 saturated heterocycles. The van der Waals surface area contributed by atoms with Gasteiger partial charge in [-0.25, -0.2) is 4.57 Å². The summed E-state index contributed by atoms with van der Waals surface area (Å²) in [7, 11) is -5.30. The van der Waals surface area contributed by atoms with Crippen LogP contribution in [0.2, 0.25) is 0 Å². The van der Waals surface area contributed by atoms with E-state index in [9.17, 15) is 34.2 Å². The molecular weight excluding hydrogens is 665 g/mol. The maximum absolute atomic E-state index is 13.6. The Balaban J connectivity index is 4.72. The molecule has 10 heteroatoms. The van der Waals surface area contributed by atoms with E-state index in [2.05, 4.69) is 38.2 Å². The molecule has 0 aromatic carbocycles. The van der Waals surface area contributed by atoms with Crippen LogP contribution in [0.3, 0.4) is 0 Å². The first-order valence-electron chi connectivity index (χ1n) is 20.7. The lowest BCUT2D eigenvalue weighted by Gasteiger charge is -2.37. The van der Waals surface area contributed by atoms with E-state index in [-0.39, 0.29) is 12.8 Å². The van der Waals surface area contributed by atoms with Crippen molar-refractivity contribution >= 4 is 19.4 Å². The van der Waals surface area contributed by atoms with Crippen molar-refractivity contribution in [3.8, 4) is 0 Å². The first kappa shape index (κ1) is 49.8. The molecule has 51 heavy (non-hydrogen) atoms. The van der Waals surface area contributed by atoms with Crippen LogP contribution in [-0.2, 0) is 18.7 Å². The van der Waals surface area contributed by atoms with Gasteiger partial charge < -0.3 is 25.7 Å². The third-order valence-electron chi connectivity index (χ3n) is 9.70. The fourth-order valence-corrected chi connectivity index (χ4v) is 7.25. The minimum Gasteiger partial charge on any atom is -0.394 e. The monoisotopic (exact) mass is 744 g/mol. The molecule has 0 heterocycles. The zero-order valence-electron chi connectivity index (χ0n) is 32.6. The third-order valence-corrected chi connectivity index (χ3v) is 10.3. The van der Waals surface area contributed by atoms with E-state index < -0.39 is 50.2 Å². The summed E-state index contributed by atoms with van der Waals surface area (Å²) in [6.45, 7) is 3.68. The van der Waals surface area contributed by atoms with Gasteiger partial charge in [0.15, 0.2) is 17.2 Å². The van der Waals surface area contributed by atoms with E-state index in [1.807, 2.05) is 0 Å². The van der Waals surface area contributed by atoms with Gasteiger partial charge >= 0.3 is 7.82 Å². The van der Waals surface area contributed by atoms with E-state index in [0.717, 1.165) is 77.0 Å². The summed E-state index contributed by atoms with van der Waals surface area (Å²) >= 11 is 0. The van der Waals surface area contributed by atoms with Gasteiger partial charge in [0.1, 0.15) is 6.04 Å². The molecule has 0 saturated carbocycles. The Labute approximate surface area is 311 Å². The maximum atomic E-state index is 13.6. The van der Waals surface area contributed by atoms with Crippen molar-refractivity contribution in [3.63, 3.8) is 0 Å². The molecule has 3 atom stereocenters. The quantitative estimate of drug-likeness (QED) is 0.0235. The van der Waals surface area contributed by atoms with Crippen LogP contribution in [0, 0.1) is 0 Å². The Morgan fingerprint density at radius 1 is 0.627 bits per heavy atom. The average Bonchev–Trinajstić information content (AvgIpc) is 3.09. The van der Waals surface area contributed by atoms with Gasteiger partial charge in [-0.15, -0.1) is 0 Å². The highest BCUT2D eigenvalue weighted by Crippen LogP contribution is 2.45. The summed E-state index contributed by atoms with van der Waals surface area (Å²) in [5, 5.41) is 19.8. The number of unbranched alkanes of at least 4 members (excludes halogenated alkanes) is 22. The molecular formula is C41H78NO8P. The standard InChI is InChI=1S/C41H78NO8P/c1-3-5-7-9-11-13-15-17-19-21-23-25-27-29-31-33-38(45)40(42)41(35-37(44)36-43,50-51(47,48)49)39(46)34-32-30-28-26-24-22-20-18-16-14-12-10-8-6-4-2/h17-20,37,40,43-44H,3-16,21-36,42H2,1-2H3,(H2,47,48,49)/b19-17-,20-18-. The minimum absolute atomic E-state index is 0.0293. The molecule has 0 radical (unpaired) electrons. The van der Waals surface area contributed by atoms with E-state index >= 15 is 0 Å². The van der Waals surface area contributed by atoms with Gasteiger partial charge in [0.05, 0.1) is 12.7 Å². The molecule has 3 unspecified atom stereocenters. The van der Waals surface area contributed by atoms with E-state index in [1.54, 1.807) is 0 Å². The highest BCUT2D eigenvalue weighted by molar-refractivity contribution is 7.46. The summed E-state index contributed by atoms with van der Waals surface area (Å²) in [6.07, 6.45) is 35.1. The van der Waals surface area contributed by atoms with Crippen molar-refractivity contribution in [2.75, 3.05) is 6.61 Å². The number of aliphatic hydroxyl groups excluding tert-OH is 2. The number of aliphatic hydroxyl groups is 2. The van der Waals surface area contributed by atoms with Gasteiger partial charge in [0.25, 0.3) is 0 Å². The van der Waals surface area contributed by atoms with Crippen LogP contribution in [0.15, 0.2) is 24.3 Å². The Bertz CT molecular complexity index is 952. The van der Waals surface area contributed by atoms with Crippen LogP contribution in [0.1, 0.15) is 200 Å². The van der Waals surface area contributed by atoms with Gasteiger partial charge in [-0.1, -0.05) is 141 Å². The highest BCUT2D eigenvalue weighted by Gasteiger charge is 2.52. The SMILES string of the molecule is CCCCCCCC/C=C\CCCCCCCC(=O)C(N)C(CC(O)CO)(OP(=O)(O)O)C(=O)CCCCCCC/C=C\CCCCCCCC. The molecule has 0 aliphatic rings. The molecule has 0 aliphatic heterocycles. The molecule has 6 N–H and O–H groups in total. The van der Waals surface area contributed by atoms with Crippen molar-refractivity contribution < 1.29 is 38.7 Å². The minimum atomic E-state index is -5.30. The van der Waals surface area contributed by atoms with Crippen LogP contribution in [0.25, 0.3) is 0 Å². The lowest BCUT2D eigenvalue weighted by atomic mass is 9.79. The number of nitrogens with two attached hydrogens (primary N) is 1. The number of phosphoric acid groups is 1. The molecule has 0 aliphatic carbocycles. The van der Waals surface area contributed by atoms with Gasteiger partial charge in [-0.3, -0.25) is 14.1 Å². The van der Waals surface area contributed by atoms with E-state index in [0.29, 0.717) is 12.8 Å². The Hall–Kier alpha value is -1.19. The summed E-state index contributed by atoms with van der Waals surface area (Å²) in [4.78, 5) is 46.3. The van der Waals surface area contributed by atoms with Crippen molar-refractivity contribution in [1.82, 2.24) is 0 Å². The Kier molecular flexibility index (Phi) is 32.6. The lowest BCUT2D eigenvalue weighted by Crippen LogP contribution is -2.60. The molecule has 0 bridgehead atoms. The molecule has 0 rings (SSSR count). The fourth-order valence-electron chi connectivity index (χ4n) is 6.54. The topological polar surface area (TPSA) is 167 Å². The second-order valence-electron chi connectivity index (χ2n) is 14.5. The van der Waals surface area contributed by atoms with Crippen molar-refractivity contribution in [1.29, 1.82) is 0 Å². The molecule has 0 aromatic heterocycles.